The fraction of sp³-hybridized carbons (Fsp3) is 0.143. The predicted octanol–water partition coefficient (Wildman–Crippen LogP) is -0.893. The van der Waals surface area contributed by atoms with Gasteiger partial charge < -0.3 is 10.4 Å². The standard InChI is InChI=1S/C14H14N6O5/c1-7(16-10-12(22)17-14(25)20-18-10)11(21)19-15-6-8-2-4-9(5-3-8)13(23)24/h2-7H,1H3,(H,16,18)(H,19,21)(H,23,24)(H2,17,20,22,25)/t7-/m1/s1. The first-order valence-corrected chi connectivity index (χ1v) is 6.98. The van der Waals surface area contributed by atoms with E-state index in [4.69, 9.17) is 5.11 Å². The first-order valence-electron chi connectivity index (χ1n) is 6.98. The SMILES string of the molecule is C[C@@H](Nc1n[nH]c(=O)[nH]c1=O)C(=O)NN=Cc1ccc(C(=O)O)cc1. The molecule has 0 unspecified atom stereocenters. The van der Waals surface area contributed by atoms with Crippen molar-refractivity contribution in [2.75, 3.05) is 5.32 Å². The predicted molar refractivity (Wildman–Crippen MR) is 87.7 cm³/mol. The molecule has 11 heteroatoms. The molecule has 11 nitrogen and oxygen atoms in total. The van der Waals surface area contributed by atoms with E-state index in [9.17, 15) is 19.2 Å². The minimum Gasteiger partial charge on any atom is -0.478 e. The number of hydrazone groups is 1. The van der Waals surface area contributed by atoms with E-state index in [2.05, 4.69) is 20.9 Å². The summed E-state index contributed by atoms with van der Waals surface area (Å²) >= 11 is 0. The maximum Gasteiger partial charge on any atom is 0.342 e. The Bertz CT molecular complexity index is 914. The number of anilines is 1. The van der Waals surface area contributed by atoms with E-state index in [1.807, 2.05) is 10.1 Å². The molecule has 0 bridgehead atoms. The van der Waals surface area contributed by atoms with Gasteiger partial charge in [-0.2, -0.15) is 5.10 Å². The molecule has 1 aromatic heterocycles. The van der Waals surface area contributed by atoms with Gasteiger partial charge in [-0.25, -0.2) is 20.1 Å². The largest absolute Gasteiger partial charge is 0.478 e. The van der Waals surface area contributed by atoms with E-state index >= 15 is 0 Å². The van der Waals surface area contributed by atoms with Gasteiger partial charge in [0.15, 0.2) is 0 Å². The molecule has 1 heterocycles. The van der Waals surface area contributed by atoms with Crippen molar-refractivity contribution in [3.05, 3.63) is 56.2 Å². The van der Waals surface area contributed by atoms with Crippen molar-refractivity contribution in [3.8, 4) is 0 Å². The second-order valence-electron chi connectivity index (χ2n) is 4.88. The summed E-state index contributed by atoms with van der Waals surface area (Å²) in [6.07, 6.45) is 1.33. The van der Waals surface area contributed by atoms with Gasteiger partial charge in [0.1, 0.15) is 6.04 Å². The van der Waals surface area contributed by atoms with Gasteiger partial charge in [-0.15, -0.1) is 5.10 Å². The van der Waals surface area contributed by atoms with Crippen LogP contribution in [0.15, 0.2) is 39.0 Å². The summed E-state index contributed by atoms with van der Waals surface area (Å²) in [5, 5.41) is 20.6. The number of rotatable bonds is 6. The monoisotopic (exact) mass is 346 g/mol. The fourth-order valence-electron chi connectivity index (χ4n) is 1.70. The van der Waals surface area contributed by atoms with Gasteiger partial charge >= 0.3 is 11.7 Å². The van der Waals surface area contributed by atoms with Crippen LogP contribution in [0.5, 0.6) is 0 Å². The van der Waals surface area contributed by atoms with E-state index in [1.54, 1.807) is 0 Å². The first kappa shape index (κ1) is 17.6. The smallest absolute Gasteiger partial charge is 0.342 e. The zero-order chi connectivity index (χ0) is 18.4. The number of benzene rings is 1. The second-order valence-corrected chi connectivity index (χ2v) is 4.88. The molecular formula is C14H14N6O5. The molecule has 1 aromatic carbocycles. The molecule has 0 aliphatic carbocycles. The molecule has 2 aromatic rings. The summed E-state index contributed by atoms with van der Waals surface area (Å²) in [6, 6.07) is 5.02. The number of hydrogen-bond acceptors (Lipinski definition) is 7. The molecule has 5 N–H and O–H groups in total. The molecule has 0 aliphatic heterocycles. The number of nitrogens with zero attached hydrogens (tertiary/aromatic N) is 2. The van der Waals surface area contributed by atoms with Crippen LogP contribution in [0.25, 0.3) is 0 Å². The van der Waals surface area contributed by atoms with Gasteiger partial charge in [-0.05, 0) is 24.6 Å². The fourth-order valence-corrected chi connectivity index (χ4v) is 1.70. The average molecular weight is 346 g/mol. The van der Waals surface area contributed by atoms with Crippen LogP contribution in [-0.2, 0) is 4.79 Å². The first-order chi connectivity index (χ1) is 11.9. The number of carbonyl (C=O) groups is 2. The summed E-state index contributed by atoms with van der Waals surface area (Å²) in [4.78, 5) is 46.9. The molecule has 0 aliphatic rings. The summed E-state index contributed by atoms with van der Waals surface area (Å²) in [7, 11) is 0. The quantitative estimate of drug-likeness (QED) is 0.333. The lowest BCUT2D eigenvalue weighted by Crippen LogP contribution is -2.38. The van der Waals surface area contributed by atoms with Crippen molar-refractivity contribution in [2.24, 2.45) is 5.10 Å². The molecule has 130 valence electrons. The average Bonchev–Trinajstić information content (AvgIpc) is 2.57. The van der Waals surface area contributed by atoms with Crippen molar-refractivity contribution in [1.82, 2.24) is 20.6 Å². The third-order valence-electron chi connectivity index (χ3n) is 3.00. The molecule has 1 atom stereocenters. The van der Waals surface area contributed by atoms with Gasteiger partial charge in [-0.3, -0.25) is 14.6 Å². The van der Waals surface area contributed by atoms with Gasteiger partial charge in [0.2, 0.25) is 5.82 Å². The highest BCUT2D eigenvalue weighted by Gasteiger charge is 2.14. The Hall–Kier alpha value is -3.76. The molecule has 2 rings (SSSR count). The van der Waals surface area contributed by atoms with Crippen molar-refractivity contribution >= 4 is 23.9 Å². The Labute approximate surface area is 139 Å². The van der Waals surface area contributed by atoms with Crippen LogP contribution in [0.4, 0.5) is 5.82 Å². The van der Waals surface area contributed by atoms with Crippen LogP contribution < -0.4 is 22.0 Å². The summed E-state index contributed by atoms with van der Waals surface area (Å²) in [5.41, 5.74) is 1.47. The van der Waals surface area contributed by atoms with Crippen molar-refractivity contribution in [3.63, 3.8) is 0 Å². The Morgan fingerprint density at radius 3 is 2.56 bits per heavy atom. The number of amides is 1. The zero-order valence-corrected chi connectivity index (χ0v) is 12.9. The van der Waals surface area contributed by atoms with Crippen LogP contribution in [0.3, 0.4) is 0 Å². The Balaban J connectivity index is 1.93. The Kier molecular flexibility index (Phi) is 5.40. The van der Waals surface area contributed by atoms with E-state index in [1.165, 1.54) is 37.4 Å². The molecule has 25 heavy (non-hydrogen) atoms. The number of aromatic nitrogens is 3. The second kappa shape index (κ2) is 7.68. The van der Waals surface area contributed by atoms with Crippen LogP contribution in [-0.4, -0.2) is 44.4 Å². The number of hydrogen-bond donors (Lipinski definition) is 5. The summed E-state index contributed by atoms with van der Waals surface area (Å²) in [6.45, 7) is 1.47. The number of aromatic carboxylic acids is 1. The van der Waals surface area contributed by atoms with Crippen LogP contribution >= 0.6 is 0 Å². The maximum absolute atomic E-state index is 11.9. The minimum absolute atomic E-state index is 0.137. The molecule has 0 radical (unpaired) electrons. The number of nitrogens with one attached hydrogen (secondary N) is 4. The normalized spacial score (nSPS) is 11.9. The highest BCUT2D eigenvalue weighted by molar-refractivity contribution is 5.90. The van der Waals surface area contributed by atoms with Crippen LogP contribution in [0.2, 0.25) is 0 Å². The molecule has 0 fully saturated rings. The molecule has 0 saturated heterocycles. The number of H-pyrrole nitrogens is 2. The minimum atomic E-state index is -1.04. The highest BCUT2D eigenvalue weighted by Crippen LogP contribution is 2.02. The molecular weight excluding hydrogens is 332 g/mol. The van der Waals surface area contributed by atoms with E-state index in [0.717, 1.165) is 0 Å². The van der Waals surface area contributed by atoms with E-state index in [-0.39, 0.29) is 11.4 Å². The summed E-state index contributed by atoms with van der Waals surface area (Å²) in [5.74, 6) is -1.80. The van der Waals surface area contributed by atoms with E-state index < -0.39 is 29.2 Å². The number of carboxylic acid groups (broad SMARTS) is 1. The highest BCUT2D eigenvalue weighted by atomic mass is 16.4. The molecule has 0 saturated carbocycles. The zero-order valence-electron chi connectivity index (χ0n) is 12.9. The van der Waals surface area contributed by atoms with Gasteiger partial charge in [0.05, 0.1) is 11.8 Å². The third kappa shape index (κ3) is 4.86. The molecule has 1 amide bonds. The van der Waals surface area contributed by atoms with Crippen LogP contribution in [0, 0.1) is 0 Å². The molecule has 0 spiro atoms. The van der Waals surface area contributed by atoms with E-state index in [0.29, 0.717) is 5.56 Å². The van der Waals surface area contributed by atoms with Gasteiger partial charge in [0.25, 0.3) is 11.5 Å². The number of aromatic amines is 2. The number of carboxylic acids is 1. The van der Waals surface area contributed by atoms with Crippen LogP contribution in [0.1, 0.15) is 22.8 Å². The van der Waals surface area contributed by atoms with Gasteiger partial charge in [-0.1, -0.05) is 12.1 Å². The van der Waals surface area contributed by atoms with Crippen molar-refractivity contribution < 1.29 is 14.7 Å². The Morgan fingerprint density at radius 2 is 1.96 bits per heavy atom. The maximum atomic E-state index is 11.9. The lowest BCUT2D eigenvalue weighted by Gasteiger charge is -2.11. The lowest BCUT2D eigenvalue weighted by molar-refractivity contribution is -0.121. The lowest BCUT2D eigenvalue weighted by atomic mass is 10.1. The number of carbonyl (C=O) groups excluding carboxylic acids is 1. The van der Waals surface area contributed by atoms with Gasteiger partial charge in [0, 0.05) is 0 Å². The van der Waals surface area contributed by atoms with Crippen molar-refractivity contribution in [2.45, 2.75) is 13.0 Å². The summed E-state index contributed by atoms with van der Waals surface area (Å²) < 4.78 is 0. The van der Waals surface area contributed by atoms with Crippen molar-refractivity contribution in [1.29, 1.82) is 0 Å². The third-order valence-corrected chi connectivity index (χ3v) is 3.00. The Morgan fingerprint density at radius 1 is 1.28 bits per heavy atom. The topological polar surface area (TPSA) is 169 Å².